The van der Waals surface area contributed by atoms with Gasteiger partial charge in [-0.1, -0.05) is 36.4 Å². The van der Waals surface area contributed by atoms with E-state index >= 15 is 0 Å². The summed E-state index contributed by atoms with van der Waals surface area (Å²) in [7, 11) is 0. The van der Waals surface area contributed by atoms with Gasteiger partial charge in [0.25, 0.3) is 0 Å². The number of hydrogen-bond donors (Lipinski definition) is 0. The molecule has 1 saturated heterocycles. The molecule has 1 aliphatic rings. The molecule has 0 unspecified atom stereocenters. The first-order valence-corrected chi connectivity index (χ1v) is 9.63. The number of thiazole rings is 1. The predicted molar refractivity (Wildman–Crippen MR) is 103 cm³/mol. The van der Waals surface area contributed by atoms with Crippen molar-refractivity contribution in [1.82, 2.24) is 9.88 Å². The Morgan fingerprint density at radius 3 is 2.67 bits per heavy atom. The summed E-state index contributed by atoms with van der Waals surface area (Å²) in [6, 6.07) is 16.9. The van der Waals surface area contributed by atoms with Crippen molar-refractivity contribution in [2.45, 2.75) is 25.3 Å². The first-order chi connectivity index (χ1) is 13.2. The van der Waals surface area contributed by atoms with E-state index in [1.165, 1.54) is 11.3 Å². The quantitative estimate of drug-likeness (QED) is 0.634. The van der Waals surface area contributed by atoms with Crippen LogP contribution in [-0.4, -0.2) is 28.1 Å². The van der Waals surface area contributed by atoms with Gasteiger partial charge in [-0.25, -0.2) is 4.98 Å². The molecule has 1 aromatic heterocycles. The number of Topliss-reactive ketones (excluding diaryl/α,β-unsaturated/α-hetero) is 1. The first kappa shape index (κ1) is 17.4. The largest absolute Gasteiger partial charge is 0.338 e. The normalized spacial score (nSPS) is 15.1. The van der Waals surface area contributed by atoms with E-state index in [-0.39, 0.29) is 11.7 Å². The molecule has 0 bridgehead atoms. The standard InChI is InChI=1S/C21H17N3O2S/c22-12-16(21-23-17-4-1-2-5-18(17)27-21)20(26)15-9-7-14(8-10-15)13-24-11-3-6-19(24)25/h1-2,4-5,7-10,16H,3,6,11,13H2/t16-/m0/s1. The molecule has 0 aliphatic carbocycles. The van der Waals surface area contributed by atoms with Crippen molar-refractivity contribution in [3.63, 3.8) is 0 Å². The summed E-state index contributed by atoms with van der Waals surface area (Å²) in [5.41, 5.74) is 2.27. The summed E-state index contributed by atoms with van der Waals surface area (Å²) in [4.78, 5) is 30.9. The number of para-hydroxylation sites is 1. The van der Waals surface area contributed by atoms with E-state index in [1.807, 2.05) is 41.3 Å². The molecule has 134 valence electrons. The summed E-state index contributed by atoms with van der Waals surface area (Å²) in [6.07, 6.45) is 1.52. The minimum Gasteiger partial charge on any atom is -0.338 e. The van der Waals surface area contributed by atoms with Crippen molar-refractivity contribution in [1.29, 1.82) is 5.26 Å². The average molecular weight is 375 g/mol. The number of hydrogen-bond acceptors (Lipinski definition) is 5. The zero-order valence-corrected chi connectivity index (χ0v) is 15.4. The number of amides is 1. The van der Waals surface area contributed by atoms with Crippen molar-refractivity contribution in [2.75, 3.05) is 6.54 Å². The molecule has 0 radical (unpaired) electrons. The van der Waals surface area contributed by atoms with E-state index in [2.05, 4.69) is 11.1 Å². The molecule has 0 N–H and O–H groups in total. The molecule has 1 aliphatic heterocycles. The highest BCUT2D eigenvalue weighted by Gasteiger charge is 2.25. The molecule has 27 heavy (non-hydrogen) atoms. The number of fused-ring (bicyclic) bond motifs is 1. The van der Waals surface area contributed by atoms with Gasteiger partial charge < -0.3 is 4.90 Å². The fourth-order valence-electron chi connectivity index (χ4n) is 3.27. The van der Waals surface area contributed by atoms with Gasteiger partial charge in [-0.2, -0.15) is 5.26 Å². The number of nitriles is 1. The molecule has 2 aromatic carbocycles. The summed E-state index contributed by atoms with van der Waals surface area (Å²) >= 11 is 1.38. The number of rotatable bonds is 5. The Balaban J connectivity index is 1.53. The van der Waals surface area contributed by atoms with Crippen LogP contribution in [0.1, 0.15) is 39.7 Å². The molecular weight excluding hydrogens is 358 g/mol. The molecule has 0 saturated carbocycles. The Kier molecular flexibility index (Phi) is 4.69. The molecular formula is C21H17N3O2S. The smallest absolute Gasteiger partial charge is 0.222 e. The maximum absolute atomic E-state index is 12.8. The molecule has 1 amide bonds. The zero-order chi connectivity index (χ0) is 18.8. The SMILES string of the molecule is N#C[C@@H](C(=O)c1ccc(CN2CCCC2=O)cc1)c1nc2ccccc2s1. The molecule has 4 rings (SSSR count). The fourth-order valence-corrected chi connectivity index (χ4v) is 4.28. The Bertz CT molecular complexity index is 1020. The first-order valence-electron chi connectivity index (χ1n) is 8.82. The topological polar surface area (TPSA) is 74.1 Å². The Morgan fingerprint density at radius 1 is 1.22 bits per heavy atom. The summed E-state index contributed by atoms with van der Waals surface area (Å²) < 4.78 is 0.964. The van der Waals surface area contributed by atoms with Crippen LogP contribution in [0.4, 0.5) is 0 Å². The van der Waals surface area contributed by atoms with E-state index in [0.29, 0.717) is 23.5 Å². The highest BCUT2D eigenvalue weighted by molar-refractivity contribution is 7.18. The number of likely N-dealkylation sites (tertiary alicyclic amines) is 1. The third-order valence-electron chi connectivity index (χ3n) is 4.73. The van der Waals surface area contributed by atoms with Crippen LogP contribution in [0.25, 0.3) is 10.2 Å². The van der Waals surface area contributed by atoms with Gasteiger partial charge in [-0.3, -0.25) is 9.59 Å². The number of carbonyl (C=O) groups is 2. The molecule has 3 aromatic rings. The summed E-state index contributed by atoms with van der Waals surface area (Å²) in [6.45, 7) is 1.35. The van der Waals surface area contributed by atoms with Crippen LogP contribution in [-0.2, 0) is 11.3 Å². The minimum atomic E-state index is -0.909. The second-order valence-electron chi connectivity index (χ2n) is 6.56. The van der Waals surface area contributed by atoms with Gasteiger partial charge in [-0.05, 0) is 24.1 Å². The second-order valence-corrected chi connectivity index (χ2v) is 7.62. The van der Waals surface area contributed by atoms with E-state index in [0.717, 1.165) is 28.7 Å². The van der Waals surface area contributed by atoms with Gasteiger partial charge in [0.05, 0.1) is 16.3 Å². The van der Waals surface area contributed by atoms with Gasteiger partial charge in [0.1, 0.15) is 5.01 Å². The van der Waals surface area contributed by atoms with Crippen molar-refractivity contribution < 1.29 is 9.59 Å². The number of ketones is 1. The highest BCUT2D eigenvalue weighted by Crippen LogP contribution is 2.29. The van der Waals surface area contributed by atoms with Gasteiger partial charge in [-0.15, -0.1) is 11.3 Å². The second kappa shape index (κ2) is 7.29. The van der Waals surface area contributed by atoms with E-state index in [1.54, 1.807) is 12.1 Å². The monoisotopic (exact) mass is 375 g/mol. The maximum Gasteiger partial charge on any atom is 0.222 e. The Morgan fingerprint density at radius 2 is 2.00 bits per heavy atom. The van der Waals surface area contributed by atoms with Crippen molar-refractivity contribution >= 4 is 33.2 Å². The maximum atomic E-state index is 12.8. The third-order valence-corrected chi connectivity index (χ3v) is 5.83. The number of aromatic nitrogens is 1. The van der Waals surface area contributed by atoms with Gasteiger partial charge in [0.2, 0.25) is 5.91 Å². The van der Waals surface area contributed by atoms with Crippen molar-refractivity contribution in [2.24, 2.45) is 0 Å². The van der Waals surface area contributed by atoms with Crippen LogP contribution in [0.3, 0.4) is 0 Å². The average Bonchev–Trinajstić information content (AvgIpc) is 3.29. The van der Waals surface area contributed by atoms with Crippen LogP contribution in [0.5, 0.6) is 0 Å². The fraction of sp³-hybridized carbons (Fsp3) is 0.238. The lowest BCUT2D eigenvalue weighted by molar-refractivity contribution is -0.128. The predicted octanol–water partition coefficient (Wildman–Crippen LogP) is 3.91. The highest BCUT2D eigenvalue weighted by atomic mass is 32.1. The minimum absolute atomic E-state index is 0.176. The van der Waals surface area contributed by atoms with Crippen LogP contribution in [0.15, 0.2) is 48.5 Å². The van der Waals surface area contributed by atoms with Gasteiger partial charge >= 0.3 is 0 Å². The van der Waals surface area contributed by atoms with Crippen molar-refractivity contribution in [3.8, 4) is 6.07 Å². The molecule has 6 heteroatoms. The van der Waals surface area contributed by atoms with E-state index in [9.17, 15) is 14.9 Å². The lowest BCUT2D eigenvalue weighted by Crippen LogP contribution is -2.23. The summed E-state index contributed by atoms with van der Waals surface area (Å²) in [5.74, 6) is -0.982. The summed E-state index contributed by atoms with van der Waals surface area (Å²) in [5, 5.41) is 10.1. The van der Waals surface area contributed by atoms with Gasteiger partial charge in [0, 0.05) is 25.1 Å². The molecule has 2 heterocycles. The van der Waals surface area contributed by atoms with E-state index < -0.39 is 5.92 Å². The number of nitrogens with zero attached hydrogens (tertiary/aromatic N) is 3. The third kappa shape index (κ3) is 3.46. The lowest BCUT2D eigenvalue weighted by atomic mass is 9.98. The van der Waals surface area contributed by atoms with Crippen LogP contribution >= 0.6 is 11.3 Å². The molecule has 0 spiro atoms. The van der Waals surface area contributed by atoms with E-state index in [4.69, 9.17) is 0 Å². The van der Waals surface area contributed by atoms with Crippen LogP contribution in [0.2, 0.25) is 0 Å². The zero-order valence-electron chi connectivity index (χ0n) is 14.6. The van der Waals surface area contributed by atoms with Gasteiger partial charge in [0.15, 0.2) is 11.7 Å². The molecule has 1 fully saturated rings. The van der Waals surface area contributed by atoms with Crippen LogP contribution < -0.4 is 0 Å². The Labute approximate surface area is 160 Å². The molecule has 5 nitrogen and oxygen atoms in total. The van der Waals surface area contributed by atoms with Crippen molar-refractivity contribution in [3.05, 3.63) is 64.7 Å². The number of carbonyl (C=O) groups excluding carboxylic acids is 2. The Hall–Kier alpha value is -3.04. The molecule has 1 atom stereocenters. The van der Waals surface area contributed by atoms with Crippen LogP contribution in [0, 0.1) is 11.3 Å². The lowest BCUT2D eigenvalue weighted by Gasteiger charge is -2.15. The number of benzene rings is 2.